The minimum absolute atomic E-state index is 0.954. The molecular formula is C23H18. The van der Waals surface area contributed by atoms with Crippen LogP contribution in [0.5, 0.6) is 0 Å². The van der Waals surface area contributed by atoms with E-state index in [-0.39, 0.29) is 0 Å². The lowest BCUT2D eigenvalue weighted by atomic mass is 9.90. The Morgan fingerprint density at radius 1 is 0.522 bits per heavy atom. The molecular weight excluding hydrogens is 276 g/mol. The second-order valence-corrected chi connectivity index (χ2v) is 5.85. The van der Waals surface area contributed by atoms with Crippen LogP contribution in [0.2, 0.25) is 0 Å². The third-order valence-corrected chi connectivity index (χ3v) is 4.32. The van der Waals surface area contributed by atoms with Gasteiger partial charge in [0.1, 0.15) is 0 Å². The van der Waals surface area contributed by atoms with E-state index in [0.29, 0.717) is 0 Å². The number of rotatable bonds is 3. The summed E-state index contributed by atoms with van der Waals surface area (Å²) in [6.45, 7) is 0. The Morgan fingerprint density at radius 3 is 1.96 bits per heavy atom. The average Bonchev–Trinajstić information content (AvgIpc) is 2.63. The van der Waals surface area contributed by atoms with Crippen LogP contribution >= 0.6 is 0 Å². The summed E-state index contributed by atoms with van der Waals surface area (Å²) in [4.78, 5) is 0. The van der Waals surface area contributed by atoms with Crippen molar-refractivity contribution in [1.82, 2.24) is 0 Å². The first-order valence-electron chi connectivity index (χ1n) is 8.02. The molecule has 0 spiro atoms. The molecule has 0 unspecified atom stereocenters. The van der Waals surface area contributed by atoms with Gasteiger partial charge < -0.3 is 0 Å². The Kier molecular flexibility index (Phi) is 3.65. The highest BCUT2D eigenvalue weighted by atomic mass is 14.1. The van der Waals surface area contributed by atoms with Gasteiger partial charge in [-0.1, -0.05) is 97.1 Å². The molecule has 0 saturated carbocycles. The highest BCUT2D eigenvalue weighted by molar-refractivity contribution is 5.98. The van der Waals surface area contributed by atoms with Gasteiger partial charge in [-0.15, -0.1) is 0 Å². The molecule has 0 aliphatic rings. The van der Waals surface area contributed by atoms with Crippen LogP contribution in [0.15, 0.2) is 97.1 Å². The van der Waals surface area contributed by atoms with Crippen molar-refractivity contribution in [1.29, 1.82) is 0 Å². The van der Waals surface area contributed by atoms with Gasteiger partial charge in [-0.25, -0.2) is 0 Å². The largest absolute Gasteiger partial charge is 0.0622 e. The van der Waals surface area contributed by atoms with Crippen molar-refractivity contribution in [2.75, 3.05) is 0 Å². The third kappa shape index (κ3) is 2.76. The van der Waals surface area contributed by atoms with Crippen molar-refractivity contribution < 1.29 is 0 Å². The quantitative estimate of drug-likeness (QED) is 0.428. The minimum atomic E-state index is 0.954. The Morgan fingerprint density at radius 2 is 1.17 bits per heavy atom. The molecule has 0 heteroatoms. The normalized spacial score (nSPS) is 10.8. The standard InChI is InChI=1S/C23H18/c1-3-9-18(10-4-1)17-21-16-15-19-11-7-8-14-22(19)23(21)20-12-5-2-6-13-20/h1-16H,17H2. The number of hydrogen-bond donors (Lipinski definition) is 0. The van der Waals surface area contributed by atoms with E-state index in [1.54, 1.807) is 0 Å². The van der Waals surface area contributed by atoms with Gasteiger partial charge in [0.05, 0.1) is 0 Å². The summed E-state index contributed by atoms with van der Waals surface area (Å²) in [6, 6.07) is 34.6. The van der Waals surface area contributed by atoms with Crippen LogP contribution in [0.3, 0.4) is 0 Å². The predicted octanol–water partition coefficient (Wildman–Crippen LogP) is 6.10. The van der Waals surface area contributed by atoms with Gasteiger partial charge in [0.2, 0.25) is 0 Å². The molecule has 0 heterocycles. The van der Waals surface area contributed by atoms with Gasteiger partial charge >= 0.3 is 0 Å². The Bertz CT molecular complexity index is 922. The van der Waals surface area contributed by atoms with E-state index in [0.717, 1.165) is 6.42 Å². The highest BCUT2D eigenvalue weighted by Gasteiger charge is 2.10. The maximum atomic E-state index is 2.28. The average molecular weight is 294 g/mol. The number of hydrogen-bond acceptors (Lipinski definition) is 0. The molecule has 4 aromatic rings. The SMILES string of the molecule is c1ccc(Cc2ccc3ccccc3c2-c2ccccc2)cc1. The lowest BCUT2D eigenvalue weighted by Crippen LogP contribution is -1.93. The van der Waals surface area contributed by atoms with Gasteiger partial charge in [-0.2, -0.15) is 0 Å². The predicted molar refractivity (Wildman–Crippen MR) is 98.6 cm³/mol. The molecule has 4 aromatic carbocycles. The smallest absolute Gasteiger partial charge is 0.00194 e. The van der Waals surface area contributed by atoms with E-state index >= 15 is 0 Å². The second kappa shape index (κ2) is 6.10. The lowest BCUT2D eigenvalue weighted by molar-refractivity contribution is 1.20. The molecule has 0 fully saturated rings. The van der Waals surface area contributed by atoms with Crippen molar-refractivity contribution in [3.8, 4) is 11.1 Å². The third-order valence-electron chi connectivity index (χ3n) is 4.32. The monoisotopic (exact) mass is 294 g/mol. The molecule has 0 aliphatic carbocycles. The molecule has 0 aliphatic heterocycles. The summed E-state index contributed by atoms with van der Waals surface area (Å²) in [7, 11) is 0. The first-order chi connectivity index (χ1) is 11.4. The Balaban J connectivity index is 1.93. The zero-order valence-corrected chi connectivity index (χ0v) is 12.9. The van der Waals surface area contributed by atoms with Gasteiger partial charge in [0, 0.05) is 0 Å². The summed E-state index contributed by atoms with van der Waals surface area (Å²) >= 11 is 0. The van der Waals surface area contributed by atoms with E-state index in [1.807, 2.05) is 0 Å². The van der Waals surface area contributed by atoms with E-state index in [1.165, 1.54) is 33.0 Å². The maximum Gasteiger partial charge on any atom is -0.00194 e. The van der Waals surface area contributed by atoms with Crippen molar-refractivity contribution in [3.63, 3.8) is 0 Å². The molecule has 0 nitrogen and oxygen atoms in total. The molecule has 0 radical (unpaired) electrons. The van der Waals surface area contributed by atoms with Gasteiger partial charge in [0.25, 0.3) is 0 Å². The van der Waals surface area contributed by atoms with E-state index < -0.39 is 0 Å². The topological polar surface area (TPSA) is 0 Å². The molecule has 0 bridgehead atoms. The molecule has 0 N–H and O–H groups in total. The molecule has 0 atom stereocenters. The maximum absolute atomic E-state index is 2.28. The van der Waals surface area contributed by atoms with Crippen molar-refractivity contribution in [3.05, 3.63) is 108 Å². The fraction of sp³-hybridized carbons (Fsp3) is 0.0435. The molecule has 4 rings (SSSR count). The van der Waals surface area contributed by atoms with E-state index in [2.05, 4.69) is 97.1 Å². The summed E-state index contributed by atoms with van der Waals surface area (Å²) < 4.78 is 0. The molecule has 0 aromatic heterocycles. The highest BCUT2D eigenvalue weighted by Crippen LogP contribution is 2.33. The van der Waals surface area contributed by atoms with Crippen LogP contribution in [0.1, 0.15) is 11.1 Å². The lowest BCUT2D eigenvalue weighted by Gasteiger charge is -2.14. The molecule has 0 amide bonds. The van der Waals surface area contributed by atoms with E-state index in [9.17, 15) is 0 Å². The van der Waals surface area contributed by atoms with Crippen molar-refractivity contribution >= 4 is 10.8 Å². The van der Waals surface area contributed by atoms with Crippen molar-refractivity contribution in [2.24, 2.45) is 0 Å². The molecule has 23 heavy (non-hydrogen) atoms. The zero-order valence-electron chi connectivity index (χ0n) is 12.9. The fourth-order valence-electron chi connectivity index (χ4n) is 3.23. The second-order valence-electron chi connectivity index (χ2n) is 5.85. The van der Waals surface area contributed by atoms with Crippen molar-refractivity contribution in [2.45, 2.75) is 6.42 Å². The minimum Gasteiger partial charge on any atom is -0.0622 e. The van der Waals surface area contributed by atoms with Crippen LogP contribution in [0.25, 0.3) is 21.9 Å². The zero-order chi connectivity index (χ0) is 15.5. The number of benzene rings is 4. The summed E-state index contributed by atoms with van der Waals surface area (Å²) in [6.07, 6.45) is 0.954. The Labute approximate surface area is 137 Å². The van der Waals surface area contributed by atoms with Crippen LogP contribution in [0.4, 0.5) is 0 Å². The molecule has 0 saturated heterocycles. The van der Waals surface area contributed by atoms with E-state index in [4.69, 9.17) is 0 Å². The van der Waals surface area contributed by atoms with Gasteiger partial charge in [-0.05, 0) is 39.4 Å². The van der Waals surface area contributed by atoms with Crippen LogP contribution in [-0.4, -0.2) is 0 Å². The summed E-state index contributed by atoms with van der Waals surface area (Å²) in [5, 5.41) is 2.62. The van der Waals surface area contributed by atoms with Crippen LogP contribution in [0, 0.1) is 0 Å². The first-order valence-corrected chi connectivity index (χ1v) is 8.02. The number of fused-ring (bicyclic) bond motifs is 1. The Hall–Kier alpha value is -2.86. The van der Waals surface area contributed by atoms with Crippen LogP contribution < -0.4 is 0 Å². The molecule has 110 valence electrons. The van der Waals surface area contributed by atoms with Gasteiger partial charge in [-0.3, -0.25) is 0 Å². The summed E-state index contributed by atoms with van der Waals surface area (Å²) in [5.41, 5.74) is 5.36. The van der Waals surface area contributed by atoms with Gasteiger partial charge in [0.15, 0.2) is 0 Å². The fourth-order valence-corrected chi connectivity index (χ4v) is 3.23. The summed E-state index contributed by atoms with van der Waals surface area (Å²) in [5.74, 6) is 0. The first kappa shape index (κ1) is 13.8. The van der Waals surface area contributed by atoms with Crippen LogP contribution in [-0.2, 0) is 6.42 Å².